The Morgan fingerprint density at radius 3 is 2.29 bits per heavy atom. The number of ether oxygens (including phenoxy) is 1. The highest BCUT2D eigenvalue weighted by Crippen LogP contribution is 2.59. The van der Waals surface area contributed by atoms with Crippen molar-refractivity contribution in [2.24, 2.45) is 17.8 Å². The minimum Gasteiger partial charge on any atom is -0.495 e. The number of halogens is 1. The number of hydrogen-bond donors (Lipinski definition) is 2. The predicted molar refractivity (Wildman–Crippen MR) is 140 cm³/mol. The normalized spacial score (nSPS) is 29.7. The third kappa shape index (κ3) is 4.10. The quantitative estimate of drug-likeness (QED) is 0.417. The van der Waals surface area contributed by atoms with Crippen molar-refractivity contribution in [1.29, 1.82) is 0 Å². The fourth-order valence-electron chi connectivity index (χ4n) is 6.95. The van der Waals surface area contributed by atoms with Gasteiger partial charge in [-0.1, -0.05) is 78.7 Å². The zero-order valence-corrected chi connectivity index (χ0v) is 20.4. The largest absolute Gasteiger partial charge is 0.495 e. The molecule has 6 rings (SSSR count). The highest BCUT2D eigenvalue weighted by Gasteiger charge is 2.59. The summed E-state index contributed by atoms with van der Waals surface area (Å²) in [7, 11) is 1.74. The summed E-state index contributed by atoms with van der Waals surface area (Å²) in [5.41, 5.74) is 3.73. The van der Waals surface area contributed by atoms with E-state index in [4.69, 9.17) is 16.3 Å². The van der Waals surface area contributed by atoms with Crippen LogP contribution < -0.4 is 15.4 Å². The SMILES string of the molecule is COc1ccc(Cl)cc1NC1C(C(c2ccccc2)c2ccccc2)NC2CCC[C@H]3C(C2)[C@@H]13. The van der Waals surface area contributed by atoms with Crippen LogP contribution in [0.2, 0.25) is 5.02 Å². The summed E-state index contributed by atoms with van der Waals surface area (Å²) in [4.78, 5) is 0. The van der Waals surface area contributed by atoms with Gasteiger partial charge in [-0.25, -0.2) is 0 Å². The molecule has 2 aliphatic carbocycles. The van der Waals surface area contributed by atoms with E-state index < -0.39 is 0 Å². The molecule has 2 saturated carbocycles. The fraction of sp³-hybridized carbons (Fsp3) is 0.400. The maximum Gasteiger partial charge on any atom is 0.142 e. The van der Waals surface area contributed by atoms with Crippen LogP contribution in [0.5, 0.6) is 5.75 Å². The van der Waals surface area contributed by atoms with Gasteiger partial charge in [0.05, 0.1) is 12.8 Å². The Labute approximate surface area is 207 Å². The van der Waals surface area contributed by atoms with Gasteiger partial charge in [-0.15, -0.1) is 0 Å². The summed E-state index contributed by atoms with van der Waals surface area (Å²) in [6.07, 6.45) is 5.26. The molecule has 0 radical (unpaired) electrons. The number of rotatable bonds is 6. The molecule has 0 aromatic heterocycles. The molecule has 0 amide bonds. The molecule has 176 valence electrons. The summed E-state index contributed by atoms with van der Waals surface area (Å²) in [5.74, 6) is 3.40. The Kier molecular flexibility index (Phi) is 6.01. The number of fused-ring (bicyclic) bond motifs is 2. The van der Waals surface area contributed by atoms with Gasteiger partial charge in [0, 0.05) is 29.1 Å². The third-order valence-corrected chi connectivity index (χ3v) is 8.67. The first-order valence-electron chi connectivity index (χ1n) is 12.7. The van der Waals surface area contributed by atoms with E-state index in [0.717, 1.165) is 28.3 Å². The zero-order valence-electron chi connectivity index (χ0n) is 19.7. The van der Waals surface area contributed by atoms with Gasteiger partial charge in [0.1, 0.15) is 5.75 Å². The molecule has 3 aliphatic rings. The first-order valence-corrected chi connectivity index (χ1v) is 13.1. The molecule has 3 aromatic carbocycles. The molecule has 1 aliphatic heterocycles. The monoisotopic (exact) mass is 472 g/mol. The van der Waals surface area contributed by atoms with E-state index in [0.29, 0.717) is 12.0 Å². The lowest BCUT2D eigenvalue weighted by molar-refractivity contribution is 0.351. The maximum absolute atomic E-state index is 6.44. The van der Waals surface area contributed by atoms with Crippen molar-refractivity contribution >= 4 is 17.3 Å². The van der Waals surface area contributed by atoms with Crippen LogP contribution in [0.15, 0.2) is 78.9 Å². The van der Waals surface area contributed by atoms with Crippen molar-refractivity contribution in [3.8, 4) is 5.75 Å². The average molecular weight is 473 g/mol. The van der Waals surface area contributed by atoms with E-state index in [2.05, 4.69) is 71.3 Å². The molecule has 2 bridgehead atoms. The Morgan fingerprint density at radius 2 is 1.62 bits per heavy atom. The van der Waals surface area contributed by atoms with Crippen LogP contribution in [-0.2, 0) is 0 Å². The Balaban J connectivity index is 1.46. The number of anilines is 1. The number of benzene rings is 3. The van der Waals surface area contributed by atoms with Gasteiger partial charge in [0.2, 0.25) is 0 Å². The van der Waals surface area contributed by atoms with Crippen molar-refractivity contribution in [2.75, 3.05) is 12.4 Å². The minimum atomic E-state index is 0.255. The Hall–Kier alpha value is -2.49. The second-order valence-electron chi connectivity index (χ2n) is 10.3. The molecule has 1 heterocycles. The lowest BCUT2D eigenvalue weighted by Gasteiger charge is -2.38. The van der Waals surface area contributed by atoms with E-state index in [-0.39, 0.29) is 18.0 Å². The second-order valence-corrected chi connectivity index (χ2v) is 10.7. The molecule has 4 unspecified atom stereocenters. The van der Waals surface area contributed by atoms with Crippen LogP contribution >= 0.6 is 11.6 Å². The molecule has 3 fully saturated rings. The van der Waals surface area contributed by atoms with Crippen LogP contribution in [0.1, 0.15) is 42.7 Å². The summed E-state index contributed by atoms with van der Waals surface area (Å²) >= 11 is 6.44. The van der Waals surface area contributed by atoms with Crippen LogP contribution in [-0.4, -0.2) is 25.2 Å². The Bertz CT molecular complexity index is 1080. The summed E-state index contributed by atoms with van der Waals surface area (Å²) in [6, 6.07) is 29.1. The molecule has 3 nitrogen and oxygen atoms in total. The lowest BCUT2D eigenvalue weighted by atomic mass is 9.80. The highest BCUT2D eigenvalue weighted by molar-refractivity contribution is 6.30. The molecular formula is C30H33ClN2O. The van der Waals surface area contributed by atoms with Crippen molar-refractivity contribution in [2.45, 2.75) is 49.7 Å². The minimum absolute atomic E-state index is 0.255. The molecule has 4 heteroatoms. The molecule has 3 aromatic rings. The van der Waals surface area contributed by atoms with Crippen molar-refractivity contribution in [3.63, 3.8) is 0 Å². The van der Waals surface area contributed by atoms with Crippen LogP contribution in [0, 0.1) is 17.8 Å². The van der Waals surface area contributed by atoms with Gasteiger partial charge in [0.15, 0.2) is 0 Å². The first kappa shape index (κ1) is 22.0. The van der Waals surface area contributed by atoms with Crippen LogP contribution in [0.25, 0.3) is 0 Å². The van der Waals surface area contributed by atoms with E-state index in [9.17, 15) is 0 Å². The van der Waals surface area contributed by atoms with Crippen molar-refractivity contribution in [3.05, 3.63) is 95.0 Å². The number of methoxy groups -OCH3 is 1. The van der Waals surface area contributed by atoms with Crippen molar-refractivity contribution in [1.82, 2.24) is 5.32 Å². The zero-order chi connectivity index (χ0) is 23.1. The molecule has 2 N–H and O–H groups in total. The van der Waals surface area contributed by atoms with Crippen molar-refractivity contribution < 1.29 is 4.74 Å². The molecule has 0 spiro atoms. The average Bonchev–Trinajstić information content (AvgIpc) is 3.59. The standard InChI is InChI=1S/C30H33ClN2O/c1-34-26-16-15-21(31)17-25(26)33-30-28-23-14-8-13-22(18-24(23)28)32-29(30)27(19-9-4-2-5-10-19)20-11-6-3-7-12-20/h2-7,9-12,15-17,22-24,27-30,32-33H,8,13-14,18H2,1H3/t22?,23-,24?,28-,29?,30?/m0/s1. The van der Waals surface area contributed by atoms with Gasteiger partial charge in [-0.3, -0.25) is 0 Å². The Morgan fingerprint density at radius 1 is 0.912 bits per heavy atom. The fourth-order valence-corrected chi connectivity index (χ4v) is 7.12. The molecule has 34 heavy (non-hydrogen) atoms. The van der Waals surface area contributed by atoms with E-state index in [1.807, 2.05) is 18.2 Å². The van der Waals surface area contributed by atoms with E-state index >= 15 is 0 Å². The van der Waals surface area contributed by atoms with Gasteiger partial charge in [0.25, 0.3) is 0 Å². The van der Waals surface area contributed by atoms with Gasteiger partial charge < -0.3 is 15.4 Å². The van der Waals surface area contributed by atoms with Gasteiger partial charge in [-0.05, 0) is 66.3 Å². The number of nitrogens with one attached hydrogen (secondary N) is 2. The van der Waals surface area contributed by atoms with Crippen LogP contribution in [0.4, 0.5) is 5.69 Å². The molecular weight excluding hydrogens is 440 g/mol. The highest BCUT2D eigenvalue weighted by atomic mass is 35.5. The van der Waals surface area contributed by atoms with Gasteiger partial charge in [-0.2, -0.15) is 0 Å². The van der Waals surface area contributed by atoms with Gasteiger partial charge >= 0.3 is 0 Å². The summed E-state index contributed by atoms with van der Waals surface area (Å²) in [5, 5.41) is 8.90. The molecule has 6 atom stereocenters. The summed E-state index contributed by atoms with van der Waals surface area (Å²) < 4.78 is 5.73. The third-order valence-electron chi connectivity index (χ3n) is 8.43. The summed E-state index contributed by atoms with van der Waals surface area (Å²) in [6.45, 7) is 0. The second kappa shape index (κ2) is 9.28. The van der Waals surface area contributed by atoms with E-state index in [1.165, 1.54) is 36.8 Å². The predicted octanol–water partition coefficient (Wildman–Crippen LogP) is 6.74. The van der Waals surface area contributed by atoms with Crippen LogP contribution in [0.3, 0.4) is 0 Å². The maximum atomic E-state index is 6.44. The van der Waals surface area contributed by atoms with E-state index in [1.54, 1.807) is 7.11 Å². The number of hydrogen-bond acceptors (Lipinski definition) is 3. The topological polar surface area (TPSA) is 33.3 Å². The first-order chi connectivity index (χ1) is 16.7. The lowest BCUT2D eigenvalue weighted by Crippen LogP contribution is -2.51. The smallest absolute Gasteiger partial charge is 0.142 e. The molecule has 1 saturated heterocycles.